The predicted octanol–water partition coefficient (Wildman–Crippen LogP) is 2.86. The van der Waals surface area contributed by atoms with Gasteiger partial charge in [-0.05, 0) is 25.5 Å². The number of halogens is 1. The molecule has 0 aliphatic carbocycles. The van der Waals surface area contributed by atoms with Crippen LogP contribution in [-0.2, 0) is 14.2 Å². The lowest BCUT2D eigenvalue weighted by molar-refractivity contribution is 0.0159. The minimum Gasteiger partial charge on any atom is -0.382 e. The number of hydrogen-bond acceptors (Lipinski definition) is 5. The molecule has 0 amide bonds. The molecule has 6 heteroatoms. The summed E-state index contributed by atoms with van der Waals surface area (Å²) in [7, 11) is 1.66. The molecule has 0 radical (unpaired) electrons. The van der Waals surface area contributed by atoms with Crippen LogP contribution in [0.15, 0.2) is 12.1 Å². The van der Waals surface area contributed by atoms with Crippen molar-refractivity contribution in [1.29, 1.82) is 0 Å². The molecule has 19 heavy (non-hydrogen) atoms. The Labute approximate surface area is 123 Å². The van der Waals surface area contributed by atoms with E-state index in [2.05, 4.69) is 0 Å². The van der Waals surface area contributed by atoms with Gasteiger partial charge in [-0.1, -0.05) is 11.6 Å². The van der Waals surface area contributed by atoms with Gasteiger partial charge in [-0.25, -0.2) is 0 Å². The molecule has 0 aromatic carbocycles. The summed E-state index contributed by atoms with van der Waals surface area (Å²) in [5.74, 6) is 0. The van der Waals surface area contributed by atoms with Gasteiger partial charge in [0.05, 0.1) is 17.6 Å². The summed E-state index contributed by atoms with van der Waals surface area (Å²) in [4.78, 5) is 1.07. The summed E-state index contributed by atoms with van der Waals surface area (Å²) >= 11 is 7.44. The Morgan fingerprint density at radius 3 is 2.63 bits per heavy atom. The molecule has 1 aromatic heterocycles. The Hall–Kier alpha value is -0.170. The van der Waals surface area contributed by atoms with E-state index in [1.165, 1.54) is 11.3 Å². The van der Waals surface area contributed by atoms with E-state index in [0.717, 1.165) is 15.6 Å². The average Bonchev–Trinajstić information content (AvgIpc) is 2.78. The molecule has 2 unspecified atom stereocenters. The summed E-state index contributed by atoms with van der Waals surface area (Å²) in [5, 5.41) is 0. The maximum absolute atomic E-state index is 5.95. The topological polar surface area (TPSA) is 53.7 Å². The van der Waals surface area contributed by atoms with Crippen molar-refractivity contribution >= 4 is 22.9 Å². The van der Waals surface area contributed by atoms with Gasteiger partial charge in [0.25, 0.3) is 0 Å². The summed E-state index contributed by atoms with van der Waals surface area (Å²) in [6.07, 6.45) is 0.739. The molecule has 0 bridgehead atoms. The van der Waals surface area contributed by atoms with Gasteiger partial charge in [0, 0.05) is 31.2 Å². The van der Waals surface area contributed by atoms with Crippen molar-refractivity contribution in [2.24, 2.45) is 5.73 Å². The van der Waals surface area contributed by atoms with Crippen LogP contribution in [0.5, 0.6) is 0 Å². The molecule has 0 aliphatic heterocycles. The monoisotopic (exact) mass is 307 g/mol. The van der Waals surface area contributed by atoms with E-state index < -0.39 is 0 Å². The van der Waals surface area contributed by atoms with Gasteiger partial charge < -0.3 is 19.9 Å². The highest BCUT2D eigenvalue weighted by Gasteiger charge is 2.18. The largest absolute Gasteiger partial charge is 0.382 e. The van der Waals surface area contributed by atoms with Gasteiger partial charge in [-0.2, -0.15) is 0 Å². The Bertz CT molecular complexity index is 346. The molecule has 0 spiro atoms. The molecular weight excluding hydrogens is 286 g/mol. The Kier molecular flexibility index (Phi) is 8.61. The van der Waals surface area contributed by atoms with Crippen molar-refractivity contribution in [2.75, 3.05) is 33.5 Å². The van der Waals surface area contributed by atoms with Crippen LogP contribution in [0.3, 0.4) is 0 Å². The first kappa shape index (κ1) is 16.9. The fourth-order valence-electron chi connectivity index (χ4n) is 1.59. The molecule has 0 aliphatic rings. The minimum absolute atomic E-state index is 0.0656. The lowest BCUT2D eigenvalue weighted by Gasteiger charge is -2.20. The predicted molar refractivity (Wildman–Crippen MR) is 79.0 cm³/mol. The maximum atomic E-state index is 5.95. The first-order valence-electron chi connectivity index (χ1n) is 6.34. The van der Waals surface area contributed by atoms with Crippen molar-refractivity contribution < 1.29 is 14.2 Å². The smallest absolute Gasteiger partial charge is 0.106 e. The lowest BCUT2D eigenvalue weighted by atomic mass is 10.1. The van der Waals surface area contributed by atoms with Crippen LogP contribution in [0, 0.1) is 0 Å². The standard InChI is InChI=1S/C13H22ClNO3S/c1-10(15)13(11-4-5-12(14)19-11)18-7-3-6-17-9-8-16-2/h4-5,10,13H,3,6-9,15H2,1-2H3. The number of hydrogen-bond donors (Lipinski definition) is 1. The molecule has 2 N–H and O–H groups in total. The molecule has 0 fully saturated rings. The number of nitrogens with two attached hydrogens (primary N) is 1. The number of rotatable bonds is 10. The number of methoxy groups -OCH3 is 1. The molecule has 0 saturated carbocycles. The van der Waals surface area contributed by atoms with E-state index in [4.69, 9.17) is 31.5 Å². The zero-order valence-corrected chi connectivity index (χ0v) is 13.0. The molecule has 110 valence electrons. The first-order valence-corrected chi connectivity index (χ1v) is 7.53. The molecule has 2 atom stereocenters. The Balaban J connectivity index is 2.24. The second kappa shape index (κ2) is 9.69. The van der Waals surface area contributed by atoms with Gasteiger partial charge in [-0.15, -0.1) is 11.3 Å². The van der Waals surface area contributed by atoms with Crippen LogP contribution in [0.4, 0.5) is 0 Å². The van der Waals surface area contributed by atoms with Gasteiger partial charge >= 0.3 is 0 Å². The van der Waals surface area contributed by atoms with E-state index in [9.17, 15) is 0 Å². The molecule has 0 saturated heterocycles. The third kappa shape index (κ3) is 6.70. The van der Waals surface area contributed by atoms with E-state index in [1.54, 1.807) is 7.11 Å². The molecular formula is C13H22ClNO3S. The summed E-state index contributed by atoms with van der Waals surface area (Å²) in [6, 6.07) is 3.77. The molecule has 1 rings (SSSR count). The maximum Gasteiger partial charge on any atom is 0.106 e. The van der Waals surface area contributed by atoms with Gasteiger partial charge in [0.1, 0.15) is 6.10 Å². The second-order valence-electron chi connectivity index (χ2n) is 4.25. The molecule has 1 heterocycles. The van der Waals surface area contributed by atoms with Gasteiger partial charge in [-0.3, -0.25) is 0 Å². The van der Waals surface area contributed by atoms with Gasteiger partial charge in [0.2, 0.25) is 0 Å². The highest BCUT2D eigenvalue weighted by molar-refractivity contribution is 7.16. The summed E-state index contributed by atoms with van der Waals surface area (Å²) < 4.78 is 16.8. The third-order valence-electron chi connectivity index (χ3n) is 2.51. The van der Waals surface area contributed by atoms with Crippen molar-refractivity contribution in [1.82, 2.24) is 0 Å². The third-order valence-corrected chi connectivity index (χ3v) is 3.81. The highest BCUT2D eigenvalue weighted by atomic mass is 35.5. The fourth-order valence-corrected chi connectivity index (χ4v) is 2.82. The van der Waals surface area contributed by atoms with Crippen LogP contribution in [-0.4, -0.2) is 39.6 Å². The van der Waals surface area contributed by atoms with E-state index >= 15 is 0 Å². The van der Waals surface area contributed by atoms with Crippen molar-refractivity contribution in [3.8, 4) is 0 Å². The number of ether oxygens (including phenoxy) is 3. The van der Waals surface area contributed by atoms with Crippen LogP contribution in [0.2, 0.25) is 4.34 Å². The minimum atomic E-state index is -0.100. The zero-order chi connectivity index (χ0) is 14.1. The van der Waals surface area contributed by atoms with E-state index in [1.807, 2.05) is 19.1 Å². The van der Waals surface area contributed by atoms with E-state index in [0.29, 0.717) is 26.4 Å². The number of thiophene rings is 1. The van der Waals surface area contributed by atoms with Gasteiger partial charge in [0.15, 0.2) is 0 Å². The Morgan fingerprint density at radius 2 is 2.05 bits per heavy atom. The van der Waals surface area contributed by atoms with Crippen LogP contribution in [0.25, 0.3) is 0 Å². The normalized spacial score (nSPS) is 14.5. The SMILES string of the molecule is COCCOCCCOC(c1ccc(Cl)s1)C(C)N. The first-order chi connectivity index (χ1) is 9.15. The second-order valence-corrected chi connectivity index (χ2v) is 6.00. The van der Waals surface area contributed by atoms with Crippen LogP contribution < -0.4 is 5.73 Å². The highest BCUT2D eigenvalue weighted by Crippen LogP contribution is 2.30. The summed E-state index contributed by atoms with van der Waals surface area (Å²) in [6.45, 7) is 4.47. The zero-order valence-electron chi connectivity index (χ0n) is 11.4. The quantitative estimate of drug-likeness (QED) is 0.675. The molecule has 4 nitrogen and oxygen atoms in total. The van der Waals surface area contributed by atoms with Crippen LogP contribution in [0.1, 0.15) is 24.3 Å². The van der Waals surface area contributed by atoms with Crippen molar-refractivity contribution in [3.63, 3.8) is 0 Å². The average molecular weight is 308 g/mol. The lowest BCUT2D eigenvalue weighted by Crippen LogP contribution is -2.26. The summed E-state index contributed by atoms with van der Waals surface area (Å²) in [5.41, 5.74) is 5.95. The van der Waals surface area contributed by atoms with Crippen molar-refractivity contribution in [2.45, 2.75) is 25.5 Å². The van der Waals surface area contributed by atoms with Crippen LogP contribution >= 0.6 is 22.9 Å². The fraction of sp³-hybridized carbons (Fsp3) is 0.692. The Morgan fingerprint density at radius 1 is 1.26 bits per heavy atom. The van der Waals surface area contributed by atoms with E-state index in [-0.39, 0.29) is 12.1 Å². The van der Waals surface area contributed by atoms with Crippen molar-refractivity contribution in [3.05, 3.63) is 21.3 Å². The molecule has 1 aromatic rings.